The summed E-state index contributed by atoms with van der Waals surface area (Å²) in [5.74, 6) is -0.470. The van der Waals surface area contributed by atoms with Crippen molar-refractivity contribution in [3.05, 3.63) is 29.8 Å². The second kappa shape index (κ2) is 4.25. The second-order valence-electron chi connectivity index (χ2n) is 2.35. The van der Waals surface area contributed by atoms with Gasteiger partial charge in [0.2, 0.25) is 0 Å². The fraction of sp³-hybridized carbons (Fsp3) is 0.111. The van der Waals surface area contributed by atoms with Crippen LogP contribution < -0.4 is 5.43 Å². The molecule has 0 heterocycles. The Morgan fingerprint density at radius 1 is 1.54 bits per heavy atom. The summed E-state index contributed by atoms with van der Waals surface area (Å²) in [6.07, 6.45) is 1.46. The largest absolute Gasteiger partial charge is 0.507 e. The predicted molar refractivity (Wildman–Crippen MR) is 49.7 cm³/mol. The third kappa shape index (κ3) is 2.30. The van der Waals surface area contributed by atoms with Crippen LogP contribution in [-0.2, 0) is 0 Å². The number of aromatic hydroxyl groups is 1. The van der Waals surface area contributed by atoms with Crippen LogP contribution in [0.5, 0.6) is 5.75 Å². The minimum absolute atomic E-state index is 0.0497. The normalized spacial score (nSPS) is 10.2. The number of nitrogens with zero attached hydrogens (tertiary/aromatic N) is 1. The van der Waals surface area contributed by atoms with Crippen molar-refractivity contribution < 1.29 is 9.90 Å². The molecule has 1 amide bonds. The molecule has 1 aromatic rings. The van der Waals surface area contributed by atoms with Gasteiger partial charge in [0.1, 0.15) is 5.75 Å². The second-order valence-corrected chi connectivity index (χ2v) is 2.35. The first-order chi connectivity index (χ1) is 6.25. The number of phenols is 1. The van der Waals surface area contributed by atoms with Crippen LogP contribution in [0.3, 0.4) is 0 Å². The van der Waals surface area contributed by atoms with E-state index in [1.807, 2.05) is 0 Å². The average Bonchev–Trinajstić information content (AvgIpc) is 2.15. The monoisotopic (exact) mass is 178 g/mol. The molecule has 0 spiro atoms. The highest BCUT2D eigenvalue weighted by molar-refractivity contribution is 5.96. The Hall–Kier alpha value is -1.84. The number of amides is 1. The van der Waals surface area contributed by atoms with Gasteiger partial charge in [-0.2, -0.15) is 5.10 Å². The van der Waals surface area contributed by atoms with Gasteiger partial charge in [0.05, 0.1) is 5.56 Å². The number of hydrogen-bond donors (Lipinski definition) is 2. The molecular formula is C9H10N2O2. The number of benzene rings is 1. The van der Waals surface area contributed by atoms with Crippen LogP contribution in [0.4, 0.5) is 0 Å². The number of carbonyl (C=O) groups excluding carboxylic acids is 1. The van der Waals surface area contributed by atoms with E-state index in [9.17, 15) is 9.90 Å². The lowest BCUT2D eigenvalue weighted by Gasteiger charge is -2.00. The van der Waals surface area contributed by atoms with Gasteiger partial charge < -0.3 is 5.11 Å². The van der Waals surface area contributed by atoms with Crippen LogP contribution in [0.2, 0.25) is 0 Å². The summed E-state index contributed by atoms with van der Waals surface area (Å²) >= 11 is 0. The van der Waals surface area contributed by atoms with Gasteiger partial charge in [0.15, 0.2) is 0 Å². The first-order valence-electron chi connectivity index (χ1n) is 3.81. The summed E-state index contributed by atoms with van der Waals surface area (Å²) in [6, 6.07) is 6.29. The Balaban J connectivity index is 2.83. The van der Waals surface area contributed by atoms with E-state index in [0.29, 0.717) is 0 Å². The van der Waals surface area contributed by atoms with Gasteiger partial charge in [-0.1, -0.05) is 12.1 Å². The molecule has 2 N–H and O–H groups in total. The number of nitrogens with one attached hydrogen (secondary N) is 1. The molecule has 0 atom stereocenters. The lowest BCUT2D eigenvalue weighted by atomic mass is 10.2. The smallest absolute Gasteiger partial charge is 0.275 e. The zero-order valence-electron chi connectivity index (χ0n) is 7.19. The van der Waals surface area contributed by atoms with Gasteiger partial charge in [-0.05, 0) is 19.1 Å². The van der Waals surface area contributed by atoms with E-state index in [-0.39, 0.29) is 11.3 Å². The fourth-order valence-electron chi connectivity index (χ4n) is 0.849. The lowest BCUT2D eigenvalue weighted by Crippen LogP contribution is -2.17. The number of phenolic OH excluding ortho intramolecular Hbond substituents is 1. The highest BCUT2D eigenvalue weighted by atomic mass is 16.3. The lowest BCUT2D eigenvalue weighted by molar-refractivity contribution is 0.0952. The van der Waals surface area contributed by atoms with Crippen molar-refractivity contribution in [1.82, 2.24) is 5.43 Å². The fourth-order valence-corrected chi connectivity index (χ4v) is 0.849. The maximum absolute atomic E-state index is 11.2. The molecule has 0 bridgehead atoms. The van der Waals surface area contributed by atoms with Gasteiger partial charge in [0, 0.05) is 6.21 Å². The minimum Gasteiger partial charge on any atom is -0.507 e. The molecule has 68 valence electrons. The number of hydrogen-bond acceptors (Lipinski definition) is 3. The third-order valence-electron chi connectivity index (χ3n) is 1.44. The highest BCUT2D eigenvalue weighted by Gasteiger charge is 2.07. The Bertz CT molecular complexity index is 334. The topological polar surface area (TPSA) is 61.7 Å². The minimum atomic E-state index is -0.420. The van der Waals surface area contributed by atoms with Crippen molar-refractivity contribution in [3.63, 3.8) is 0 Å². The Morgan fingerprint density at radius 3 is 2.85 bits per heavy atom. The molecule has 0 aliphatic heterocycles. The molecule has 4 heteroatoms. The van der Waals surface area contributed by atoms with Crippen LogP contribution >= 0.6 is 0 Å². The molecule has 0 fully saturated rings. The maximum atomic E-state index is 11.2. The molecular weight excluding hydrogens is 168 g/mol. The van der Waals surface area contributed by atoms with Crippen molar-refractivity contribution in [3.8, 4) is 5.75 Å². The van der Waals surface area contributed by atoms with Crippen LogP contribution in [0.1, 0.15) is 17.3 Å². The predicted octanol–water partition coefficient (Wildman–Crippen LogP) is 1.13. The van der Waals surface area contributed by atoms with E-state index in [2.05, 4.69) is 10.5 Å². The van der Waals surface area contributed by atoms with E-state index in [1.54, 1.807) is 19.1 Å². The summed E-state index contributed by atoms with van der Waals surface area (Å²) in [5, 5.41) is 12.8. The first kappa shape index (κ1) is 9.25. The summed E-state index contributed by atoms with van der Waals surface area (Å²) in [5.41, 5.74) is 2.48. The SMILES string of the molecule is C/C=N\NC(=O)c1ccccc1O. The quantitative estimate of drug-likeness (QED) is 0.526. The van der Waals surface area contributed by atoms with Crippen molar-refractivity contribution in [1.29, 1.82) is 0 Å². The van der Waals surface area contributed by atoms with Crippen LogP contribution in [0.25, 0.3) is 0 Å². The number of carbonyl (C=O) groups is 1. The first-order valence-corrected chi connectivity index (χ1v) is 3.81. The molecule has 0 unspecified atom stereocenters. The Labute approximate surface area is 75.9 Å². The Morgan fingerprint density at radius 2 is 2.23 bits per heavy atom. The van der Waals surface area contributed by atoms with E-state index in [0.717, 1.165) is 0 Å². The summed E-state index contributed by atoms with van der Waals surface area (Å²) in [4.78, 5) is 11.2. The number of hydrazone groups is 1. The molecule has 0 saturated carbocycles. The zero-order valence-corrected chi connectivity index (χ0v) is 7.19. The molecule has 0 aliphatic carbocycles. The van der Waals surface area contributed by atoms with Crippen molar-refractivity contribution >= 4 is 12.1 Å². The summed E-state index contributed by atoms with van der Waals surface area (Å²) in [7, 11) is 0. The van der Waals surface area contributed by atoms with Gasteiger partial charge in [-0.25, -0.2) is 5.43 Å². The number of rotatable bonds is 2. The van der Waals surface area contributed by atoms with Gasteiger partial charge in [-0.15, -0.1) is 0 Å². The molecule has 4 nitrogen and oxygen atoms in total. The third-order valence-corrected chi connectivity index (χ3v) is 1.44. The standard InChI is InChI=1S/C9H10N2O2/c1-2-10-11-9(13)7-5-3-4-6-8(7)12/h2-6,12H,1H3,(H,11,13)/b10-2-. The zero-order chi connectivity index (χ0) is 9.68. The van der Waals surface area contributed by atoms with E-state index in [1.165, 1.54) is 18.3 Å². The molecule has 1 rings (SSSR count). The van der Waals surface area contributed by atoms with Crippen molar-refractivity contribution in [2.24, 2.45) is 5.10 Å². The van der Waals surface area contributed by atoms with E-state index < -0.39 is 5.91 Å². The van der Waals surface area contributed by atoms with Crippen LogP contribution in [0.15, 0.2) is 29.4 Å². The molecule has 0 aliphatic rings. The highest BCUT2D eigenvalue weighted by Crippen LogP contribution is 2.14. The molecule has 0 aromatic heterocycles. The van der Waals surface area contributed by atoms with Gasteiger partial charge in [0.25, 0.3) is 5.91 Å². The summed E-state index contributed by atoms with van der Waals surface area (Å²) < 4.78 is 0. The maximum Gasteiger partial charge on any atom is 0.275 e. The van der Waals surface area contributed by atoms with Crippen LogP contribution in [-0.4, -0.2) is 17.2 Å². The van der Waals surface area contributed by atoms with E-state index >= 15 is 0 Å². The molecule has 0 saturated heterocycles. The molecule has 13 heavy (non-hydrogen) atoms. The van der Waals surface area contributed by atoms with Gasteiger partial charge >= 0.3 is 0 Å². The van der Waals surface area contributed by atoms with Crippen LogP contribution in [0, 0.1) is 0 Å². The van der Waals surface area contributed by atoms with Crippen molar-refractivity contribution in [2.75, 3.05) is 0 Å². The Kier molecular flexibility index (Phi) is 3.03. The summed E-state index contributed by atoms with van der Waals surface area (Å²) in [6.45, 7) is 1.69. The van der Waals surface area contributed by atoms with E-state index in [4.69, 9.17) is 0 Å². The van der Waals surface area contributed by atoms with Crippen molar-refractivity contribution in [2.45, 2.75) is 6.92 Å². The molecule has 1 aromatic carbocycles. The average molecular weight is 178 g/mol. The number of para-hydroxylation sites is 1. The van der Waals surface area contributed by atoms with Gasteiger partial charge in [-0.3, -0.25) is 4.79 Å². The molecule has 0 radical (unpaired) electrons.